The molecule has 1 heteroatoms. The quantitative estimate of drug-likeness (QED) is 0.587. The van der Waals surface area contributed by atoms with E-state index in [1.54, 1.807) is 0 Å². The zero-order chi connectivity index (χ0) is 6.69. The lowest BCUT2D eigenvalue weighted by Crippen LogP contribution is -1.74. The van der Waals surface area contributed by atoms with Gasteiger partial charge in [-0.1, -0.05) is 6.08 Å². The minimum absolute atomic E-state index is 1.21. The molecule has 0 saturated carbocycles. The summed E-state index contributed by atoms with van der Waals surface area (Å²) in [6, 6.07) is 4.07. The molecule has 48 valence electrons. The van der Waals surface area contributed by atoms with Gasteiger partial charge in [0.1, 0.15) is 0 Å². The van der Waals surface area contributed by atoms with E-state index < -0.39 is 0 Å². The monoisotopic (exact) mass is 121 g/mol. The van der Waals surface area contributed by atoms with E-state index in [0.29, 0.717) is 0 Å². The van der Waals surface area contributed by atoms with Crippen molar-refractivity contribution >= 4 is 5.57 Å². The van der Waals surface area contributed by atoms with E-state index in [1.807, 2.05) is 19.2 Å². The summed E-state index contributed by atoms with van der Waals surface area (Å²) in [6.45, 7) is 4.13. The highest BCUT2D eigenvalue weighted by molar-refractivity contribution is 5.59. The lowest BCUT2D eigenvalue weighted by Gasteiger charge is -1.91. The molecule has 0 unspecified atom stereocenters. The van der Waals surface area contributed by atoms with Crippen LogP contribution in [0.25, 0.3) is 5.57 Å². The highest BCUT2D eigenvalue weighted by Crippen LogP contribution is 2.08. The van der Waals surface area contributed by atoms with Crippen molar-refractivity contribution in [3.05, 3.63) is 30.1 Å². The predicted molar refractivity (Wildman–Crippen MR) is 40.1 cm³/mol. The number of allylic oxidation sites excluding steroid dienone is 2. The van der Waals surface area contributed by atoms with E-state index in [-0.39, 0.29) is 0 Å². The summed E-state index contributed by atoms with van der Waals surface area (Å²) in [4.78, 5) is 3.12. The van der Waals surface area contributed by atoms with Gasteiger partial charge in [0.25, 0.3) is 0 Å². The second kappa shape index (κ2) is 2.53. The Balaban J connectivity index is 2.90. The van der Waals surface area contributed by atoms with Gasteiger partial charge in [0.15, 0.2) is 0 Å². The van der Waals surface area contributed by atoms with Gasteiger partial charge in [0, 0.05) is 11.9 Å². The summed E-state index contributed by atoms with van der Waals surface area (Å²) >= 11 is 0. The molecule has 1 rings (SSSR count). The molecule has 0 aliphatic heterocycles. The van der Waals surface area contributed by atoms with Crippen LogP contribution in [0.1, 0.15) is 19.5 Å². The Morgan fingerprint density at radius 2 is 2.44 bits per heavy atom. The summed E-state index contributed by atoms with van der Waals surface area (Å²) in [5, 5.41) is 0. The standard InChI is InChI=1S/C8H11N/c1-3-7(2)8-5-4-6-9-8/h3-6,9H,1-2H3. The third-order valence-electron chi connectivity index (χ3n) is 1.46. The lowest BCUT2D eigenvalue weighted by atomic mass is 10.2. The van der Waals surface area contributed by atoms with Crippen LogP contribution in [0.3, 0.4) is 0 Å². The molecule has 1 N–H and O–H groups in total. The number of nitrogens with one attached hydrogen (secondary N) is 1. The summed E-state index contributed by atoms with van der Waals surface area (Å²) < 4.78 is 0. The van der Waals surface area contributed by atoms with Crippen LogP contribution in [0.4, 0.5) is 0 Å². The number of H-pyrrole nitrogens is 1. The van der Waals surface area contributed by atoms with Gasteiger partial charge in [0.2, 0.25) is 0 Å². The number of aromatic nitrogens is 1. The fourth-order valence-electron chi connectivity index (χ4n) is 0.731. The minimum Gasteiger partial charge on any atom is -0.361 e. The van der Waals surface area contributed by atoms with E-state index in [0.717, 1.165) is 0 Å². The molecule has 1 nitrogen and oxygen atoms in total. The fourth-order valence-corrected chi connectivity index (χ4v) is 0.731. The number of hydrogen-bond donors (Lipinski definition) is 1. The van der Waals surface area contributed by atoms with Gasteiger partial charge >= 0.3 is 0 Å². The SMILES string of the molecule is CC=C(C)c1ccc[nH]1. The predicted octanol–water partition coefficient (Wildman–Crippen LogP) is 2.44. The van der Waals surface area contributed by atoms with Crippen molar-refractivity contribution in [1.29, 1.82) is 0 Å². The molecule has 0 fully saturated rings. The van der Waals surface area contributed by atoms with Crippen molar-refractivity contribution in [2.75, 3.05) is 0 Å². The van der Waals surface area contributed by atoms with Gasteiger partial charge in [-0.3, -0.25) is 0 Å². The van der Waals surface area contributed by atoms with Crippen LogP contribution < -0.4 is 0 Å². The van der Waals surface area contributed by atoms with Gasteiger partial charge in [-0.05, 0) is 31.6 Å². The average molecular weight is 121 g/mol. The molecule has 0 aliphatic rings. The van der Waals surface area contributed by atoms with E-state index in [1.165, 1.54) is 11.3 Å². The molecule has 9 heavy (non-hydrogen) atoms. The van der Waals surface area contributed by atoms with Crippen molar-refractivity contribution in [3.63, 3.8) is 0 Å². The molecule has 1 heterocycles. The summed E-state index contributed by atoms with van der Waals surface area (Å²) in [5.41, 5.74) is 2.50. The van der Waals surface area contributed by atoms with Crippen LogP contribution in [0, 0.1) is 0 Å². The first kappa shape index (κ1) is 6.14. The Kier molecular flexibility index (Phi) is 1.73. The van der Waals surface area contributed by atoms with Crippen LogP contribution >= 0.6 is 0 Å². The largest absolute Gasteiger partial charge is 0.361 e. The molecule has 0 radical (unpaired) electrons. The van der Waals surface area contributed by atoms with Gasteiger partial charge in [0.05, 0.1) is 0 Å². The molecular weight excluding hydrogens is 110 g/mol. The van der Waals surface area contributed by atoms with Crippen LogP contribution in [0.2, 0.25) is 0 Å². The summed E-state index contributed by atoms with van der Waals surface area (Å²) in [6.07, 6.45) is 4.02. The summed E-state index contributed by atoms with van der Waals surface area (Å²) in [5.74, 6) is 0. The maximum absolute atomic E-state index is 3.12. The van der Waals surface area contributed by atoms with Crippen molar-refractivity contribution in [2.45, 2.75) is 13.8 Å². The molecule has 1 aromatic rings. The summed E-state index contributed by atoms with van der Waals surface area (Å²) in [7, 11) is 0. The van der Waals surface area contributed by atoms with Crippen molar-refractivity contribution in [2.24, 2.45) is 0 Å². The Labute approximate surface area is 55.4 Å². The molecule has 0 bridgehead atoms. The zero-order valence-electron chi connectivity index (χ0n) is 5.81. The highest BCUT2D eigenvalue weighted by Gasteiger charge is 1.90. The lowest BCUT2D eigenvalue weighted by molar-refractivity contribution is 1.34. The number of aromatic amines is 1. The van der Waals surface area contributed by atoms with E-state index in [9.17, 15) is 0 Å². The van der Waals surface area contributed by atoms with Crippen molar-refractivity contribution in [1.82, 2.24) is 4.98 Å². The minimum atomic E-state index is 1.21. The van der Waals surface area contributed by atoms with Gasteiger partial charge in [-0.25, -0.2) is 0 Å². The van der Waals surface area contributed by atoms with Crippen LogP contribution in [-0.2, 0) is 0 Å². The zero-order valence-corrected chi connectivity index (χ0v) is 5.81. The van der Waals surface area contributed by atoms with Crippen molar-refractivity contribution < 1.29 is 0 Å². The Morgan fingerprint density at radius 3 is 2.89 bits per heavy atom. The second-order valence-corrected chi connectivity index (χ2v) is 2.06. The normalized spacial score (nSPS) is 12.0. The molecule has 0 saturated heterocycles. The number of hydrogen-bond acceptors (Lipinski definition) is 0. The van der Waals surface area contributed by atoms with E-state index in [4.69, 9.17) is 0 Å². The molecule has 0 amide bonds. The Hall–Kier alpha value is -0.980. The van der Waals surface area contributed by atoms with Crippen LogP contribution in [-0.4, -0.2) is 4.98 Å². The number of rotatable bonds is 1. The highest BCUT2D eigenvalue weighted by atomic mass is 14.7. The third-order valence-corrected chi connectivity index (χ3v) is 1.46. The van der Waals surface area contributed by atoms with Crippen molar-refractivity contribution in [3.8, 4) is 0 Å². The third kappa shape index (κ3) is 1.22. The van der Waals surface area contributed by atoms with E-state index >= 15 is 0 Å². The second-order valence-electron chi connectivity index (χ2n) is 2.06. The molecule has 0 aromatic carbocycles. The Morgan fingerprint density at radius 1 is 1.67 bits per heavy atom. The van der Waals surface area contributed by atoms with Crippen LogP contribution in [0.15, 0.2) is 24.4 Å². The fraction of sp³-hybridized carbons (Fsp3) is 0.250. The van der Waals surface area contributed by atoms with Gasteiger partial charge < -0.3 is 4.98 Å². The maximum Gasteiger partial charge on any atom is 0.0406 e. The van der Waals surface area contributed by atoms with Crippen LogP contribution in [0.5, 0.6) is 0 Å². The smallest absolute Gasteiger partial charge is 0.0406 e. The van der Waals surface area contributed by atoms with E-state index in [2.05, 4.69) is 24.1 Å². The maximum atomic E-state index is 3.12. The molecular formula is C8H11N. The Bertz CT molecular complexity index is 194. The van der Waals surface area contributed by atoms with Gasteiger partial charge in [-0.2, -0.15) is 0 Å². The van der Waals surface area contributed by atoms with Gasteiger partial charge in [-0.15, -0.1) is 0 Å². The topological polar surface area (TPSA) is 15.8 Å². The first-order valence-corrected chi connectivity index (χ1v) is 3.11. The molecule has 0 spiro atoms. The first-order chi connectivity index (χ1) is 4.34. The average Bonchev–Trinajstić information content (AvgIpc) is 2.37. The first-order valence-electron chi connectivity index (χ1n) is 3.11. The molecule has 0 aliphatic carbocycles. The molecule has 0 atom stereocenters. The molecule has 1 aromatic heterocycles.